The molecule has 7 nitrogen and oxygen atoms in total. The molecule has 29 heavy (non-hydrogen) atoms. The third-order valence-electron chi connectivity index (χ3n) is 4.41. The van der Waals surface area contributed by atoms with Crippen LogP contribution in [0.4, 0.5) is 5.69 Å². The van der Waals surface area contributed by atoms with Crippen LogP contribution in [0.1, 0.15) is 12.7 Å². The molecule has 1 N–H and O–H groups in total. The molecule has 0 saturated heterocycles. The smallest absolute Gasteiger partial charge is 0.234 e. The van der Waals surface area contributed by atoms with E-state index in [-0.39, 0.29) is 11.7 Å². The molecular formula is C20H19ClN6OS. The largest absolute Gasteiger partial charge is 0.325 e. The Morgan fingerprint density at radius 1 is 1.14 bits per heavy atom. The summed E-state index contributed by atoms with van der Waals surface area (Å²) in [7, 11) is 0. The standard InChI is InChI=1S/C20H19ClN6OS/c1-2-27-18(11-26-13-22-16-5-3-4-6-17(16)26)24-25-20(27)29-12-19(28)23-15-9-7-14(21)8-10-15/h3-10,13H,2,11-12H2,1H3,(H,23,28). The molecule has 148 valence electrons. The van der Waals surface area contributed by atoms with Gasteiger partial charge in [-0.25, -0.2) is 4.98 Å². The van der Waals surface area contributed by atoms with E-state index in [1.807, 2.05) is 46.7 Å². The van der Waals surface area contributed by atoms with Gasteiger partial charge in [0, 0.05) is 17.3 Å². The van der Waals surface area contributed by atoms with Crippen molar-refractivity contribution >= 4 is 46.0 Å². The van der Waals surface area contributed by atoms with Gasteiger partial charge in [0.1, 0.15) is 0 Å². The maximum Gasteiger partial charge on any atom is 0.234 e. The molecule has 0 saturated carbocycles. The predicted octanol–water partition coefficient (Wildman–Crippen LogP) is 4.08. The SMILES string of the molecule is CCn1c(Cn2cnc3ccccc32)nnc1SCC(=O)Nc1ccc(Cl)cc1. The number of carbonyl (C=O) groups is 1. The summed E-state index contributed by atoms with van der Waals surface area (Å²) in [5.41, 5.74) is 2.71. The number of hydrogen-bond acceptors (Lipinski definition) is 5. The fourth-order valence-electron chi connectivity index (χ4n) is 3.01. The van der Waals surface area contributed by atoms with Crippen LogP contribution in [0.25, 0.3) is 11.0 Å². The first-order chi connectivity index (χ1) is 14.1. The summed E-state index contributed by atoms with van der Waals surface area (Å²) in [6.45, 7) is 3.33. The van der Waals surface area contributed by atoms with Crippen molar-refractivity contribution in [2.24, 2.45) is 0 Å². The van der Waals surface area contributed by atoms with E-state index in [4.69, 9.17) is 11.6 Å². The Hall–Kier alpha value is -2.84. The van der Waals surface area contributed by atoms with Crippen molar-refractivity contribution in [3.63, 3.8) is 0 Å². The summed E-state index contributed by atoms with van der Waals surface area (Å²) >= 11 is 7.23. The summed E-state index contributed by atoms with van der Waals surface area (Å²) < 4.78 is 4.07. The Morgan fingerprint density at radius 3 is 2.72 bits per heavy atom. The number of anilines is 1. The van der Waals surface area contributed by atoms with Gasteiger partial charge < -0.3 is 14.5 Å². The zero-order valence-corrected chi connectivity index (χ0v) is 17.3. The number of hydrogen-bond donors (Lipinski definition) is 1. The second-order valence-electron chi connectivity index (χ2n) is 6.35. The van der Waals surface area contributed by atoms with Gasteiger partial charge in [-0.2, -0.15) is 0 Å². The molecule has 9 heteroatoms. The molecule has 4 aromatic rings. The molecule has 1 amide bonds. The first-order valence-electron chi connectivity index (χ1n) is 9.14. The first kappa shape index (κ1) is 19.5. The number of fused-ring (bicyclic) bond motifs is 1. The minimum atomic E-state index is -0.106. The van der Waals surface area contributed by atoms with E-state index in [1.54, 1.807) is 24.3 Å². The van der Waals surface area contributed by atoms with Crippen molar-refractivity contribution in [1.29, 1.82) is 0 Å². The third kappa shape index (κ3) is 4.44. The van der Waals surface area contributed by atoms with Crippen molar-refractivity contribution in [2.75, 3.05) is 11.1 Å². The van der Waals surface area contributed by atoms with Gasteiger partial charge in [0.05, 0.1) is 29.7 Å². The molecular weight excluding hydrogens is 408 g/mol. The molecule has 0 atom stereocenters. The average molecular weight is 427 g/mol. The molecule has 0 aliphatic heterocycles. The molecule has 0 unspecified atom stereocenters. The second kappa shape index (κ2) is 8.67. The molecule has 0 fully saturated rings. The molecule has 0 spiro atoms. The molecule has 0 bridgehead atoms. The summed E-state index contributed by atoms with van der Waals surface area (Å²) in [5, 5.41) is 12.8. The zero-order valence-electron chi connectivity index (χ0n) is 15.7. The number of rotatable bonds is 7. The lowest BCUT2D eigenvalue weighted by molar-refractivity contribution is -0.113. The Balaban J connectivity index is 1.43. The van der Waals surface area contributed by atoms with Gasteiger partial charge in [0.25, 0.3) is 0 Å². The zero-order chi connectivity index (χ0) is 20.2. The van der Waals surface area contributed by atoms with Crippen LogP contribution < -0.4 is 5.32 Å². The topological polar surface area (TPSA) is 77.6 Å². The normalized spacial score (nSPS) is 11.1. The van der Waals surface area contributed by atoms with E-state index in [0.717, 1.165) is 28.6 Å². The third-order valence-corrected chi connectivity index (χ3v) is 5.63. The van der Waals surface area contributed by atoms with Crippen LogP contribution in [-0.4, -0.2) is 36.0 Å². The number of nitrogens with zero attached hydrogens (tertiary/aromatic N) is 5. The van der Waals surface area contributed by atoms with E-state index in [9.17, 15) is 4.79 Å². The number of para-hydroxylation sites is 2. The highest BCUT2D eigenvalue weighted by molar-refractivity contribution is 7.99. The first-order valence-corrected chi connectivity index (χ1v) is 10.5. The number of nitrogens with one attached hydrogen (secondary N) is 1. The van der Waals surface area contributed by atoms with Crippen LogP contribution in [0, 0.1) is 0 Å². The van der Waals surface area contributed by atoms with Gasteiger partial charge in [-0.15, -0.1) is 10.2 Å². The molecule has 2 heterocycles. The summed E-state index contributed by atoms with van der Waals surface area (Å²) in [5.74, 6) is 0.968. The van der Waals surface area contributed by atoms with E-state index in [0.29, 0.717) is 17.3 Å². The van der Waals surface area contributed by atoms with E-state index in [2.05, 4.69) is 20.5 Å². The maximum absolute atomic E-state index is 12.2. The van der Waals surface area contributed by atoms with Gasteiger partial charge >= 0.3 is 0 Å². The van der Waals surface area contributed by atoms with Crippen LogP contribution >= 0.6 is 23.4 Å². The highest BCUT2D eigenvalue weighted by atomic mass is 35.5. The number of imidazole rings is 1. The molecule has 2 aromatic heterocycles. The Morgan fingerprint density at radius 2 is 1.93 bits per heavy atom. The molecule has 0 aliphatic rings. The van der Waals surface area contributed by atoms with Gasteiger partial charge in [0.2, 0.25) is 5.91 Å². The Bertz CT molecular complexity index is 1140. The second-order valence-corrected chi connectivity index (χ2v) is 7.73. The van der Waals surface area contributed by atoms with E-state index in [1.165, 1.54) is 11.8 Å². The van der Waals surface area contributed by atoms with Crippen molar-refractivity contribution in [1.82, 2.24) is 24.3 Å². The van der Waals surface area contributed by atoms with Gasteiger partial charge in [-0.1, -0.05) is 35.5 Å². The number of benzene rings is 2. The minimum Gasteiger partial charge on any atom is -0.325 e. The number of thioether (sulfide) groups is 1. The summed E-state index contributed by atoms with van der Waals surface area (Å²) in [6.07, 6.45) is 1.81. The van der Waals surface area contributed by atoms with Crippen LogP contribution in [-0.2, 0) is 17.9 Å². The number of carbonyl (C=O) groups excluding carboxylic acids is 1. The lowest BCUT2D eigenvalue weighted by atomic mass is 10.3. The van der Waals surface area contributed by atoms with Crippen LogP contribution in [0.15, 0.2) is 60.0 Å². The van der Waals surface area contributed by atoms with Crippen molar-refractivity contribution in [3.8, 4) is 0 Å². The number of halogens is 1. The van der Waals surface area contributed by atoms with Crippen LogP contribution in [0.5, 0.6) is 0 Å². The highest BCUT2D eigenvalue weighted by Crippen LogP contribution is 2.20. The van der Waals surface area contributed by atoms with Gasteiger partial charge in [-0.3, -0.25) is 4.79 Å². The van der Waals surface area contributed by atoms with E-state index >= 15 is 0 Å². The average Bonchev–Trinajstić information content (AvgIpc) is 3.32. The molecule has 0 aliphatic carbocycles. The van der Waals surface area contributed by atoms with Crippen molar-refractivity contribution < 1.29 is 4.79 Å². The Labute approximate surface area is 177 Å². The van der Waals surface area contributed by atoms with Crippen LogP contribution in [0.2, 0.25) is 5.02 Å². The molecule has 4 rings (SSSR count). The monoisotopic (exact) mass is 426 g/mol. The molecule has 2 aromatic carbocycles. The number of amides is 1. The fraction of sp³-hybridized carbons (Fsp3) is 0.200. The van der Waals surface area contributed by atoms with Crippen molar-refractivity contribution in [2.45, 2.75) is 25.2 Å². The quantitative estimate of drug-likeness (QED) is 0.450. The lowest BCUT2D eigenvalue weighted by Crippen LogP contribution is -2.15. The van der Waals surface area contributed by atoms with Crippen molar-refractivity contribution in [3.05, 3.63) is 65.7 Å². The van der Waals surface area contributed by atoms with Gasteiger partial charge in [-0.05, 0) is 43.3 Å². The van der Waals surface area contributed by atoms with Gasteiger partial charge in [0.15, 0.2) is 11.0 Å². The lowest BCUT2D eigenvalue weighted by Gasteiger charge is -2.09. The van der Waals surface area contributed by atoms with Crippen LogP contribution in [0.3, 0.4) is 0 Å². The maximum atomic E-state index is 12.2. The summed E-state index contributed by atoms with van der Waals surface area (Å²) in [6, 6.07) is 15.0. The van der Waals surface area contributed by atoms with E-state index < -0.39 is 0 Å². The number of aromatic nitrogens is 5. The highest BCUT2D eigenvalue weighted by Gasteiger charge is 2.14. The predicted molar refractivity (Wildman–Crippen MR) is 115 cm³/mol. The summed E-state index contributed by atoms with van der Waals surface area (Å²) in [4.78, 5) is 16.7. The minimum absolute atomic E-state index is 0.106. The fourth-order valence-corrected chi connectivity index (χ4v) is 3.96. The Kier molecular flexibility index (Phi) is 5.82. The molecule has 0 radical (unpaired) electrons.